The van der Waals surface area contributed by atoms with Crippen molar-refractivity contribution >= 4 is 10.9 Å². The Morgan fingerprint density at radius 1 is 1.23 bits per heavy atom. The molecule has 0 bridgehead atoms. The van der Waals surface area contributed by atoms with E-state index in [9.17, 15) is 4.79 Å². The van der Waals surface area contributed by atoms with Crippen LogP contribution in [0.5, 0.6) is 5.75 Å². The van der Waals surface area contributed by atoms with E-state index in [1.807, 2.05) is 10.8 Å². The van der Waals surface area contributed by atoms with Crippen molar-refractivity contribution in [1.82, 2.24) is 24.5 Å². The Kier molecular flexibility index (Phi) is 4.13. The summed E-state index contributed by atoms with van der Waals surface area (Å²) in [7, 11) is 1.57. The summed E-state index contributed by atoms with van der Waals surface area (Å²) in [5, 5.41) is 8.61. The molecular formula is C15H17N5O2. The SMILES string of the molecule is COc1ccc2nnn(CCCCn3ccnc3)c(=O)c2c1. The fraction of sp³-hybridized carbons (Fsp3) is 0.333. The second-order valence-corrected chi connectivity index (χ2v) is 5.01. The van der Waals surface area contributed by atoms with Crippen LogP contribution in [0.1, 0.15) is 12.8 Å². The fourth-order valence-electron chi connectivity index (χ4n) is 2.30. The molecule has 0 aliphatic rings. The molecule has 0 saturated carbocycles. The Labute approximate surface area is 127 Å². The molecule has 0 fully saturated rings. The number of unbranched alkanes of at least 4 members (excludes halogenated alkanes) is 1. The second kappa shape index (κ2) is 6.38. The van der Waals surface area contributed by atoms with Gasteiger partial charge in [0.15, 0.2) is 0 Å². The summed E-state index contributed by atoms with van der Waals surface area (Å²) in [6, 6.07) is 5.21. The van der Waals surface area contributed by atoms with E-state index in [-0.39, 0.29) is 5.56 Å². The molecule has 0 atom stereocenters. The molecule has 0 aliphatic heterocycles. The smallest absolute Gasteiger partial charge is 0.277 e. The van der Waals surface area contributed by atoms with Crippen LogP contribution < -0.4 is 10.3 Å². The van der Waals surface area contributed by atoms with E-state index in [1.54, 1.807) is 37.8 Å². The van der Waals surface area contributed by atoms with Crippen LogP contribution in [0, 0.1) is 0 Å². The van der Waals surface area contributed by atoms with Gasteiger partial charge in [0.1, 0.15) is 11.3 Å². The Bertz CT molecular complexity index is 810. The van der Waals surface area contributed by atoms with Gasteiger partial charge in [-0.2, -0.15) is 0 Å². The number of methoxy groups -OCH3 is 1. The van der Waals surface area contributed by atoms with E-state index in [0.717, 1.165) is 19.4 Å². The lowest BCUT2D eigenvalue weighted by Gasteiger charge is -2.06. The zero-order valence-corrected chi connectivity index (χ0v) is 12.3. The van der Waals surface area contributed by atoms with Crippen molar-refractivity contribution in [2.24, 2.45) is 0 Å². The average Bonchev–Trinajstić information content (AvgIpc) is 3.06. The third-order valence-electron chi connectivity index (χ3n) is 3.52. The molecule has 2 aromatic heterocycles. The molecular weight excluding hydrogens is 282 g/mol. The van der Waals surface area contributed by atoms with Crippen molar-refractivity contribution in [3.8, 4) is 5.75 Å². The van der Waals surface area contributed by atoms with Gasteiger partial charge in [0.2, 0.25) is 0 Å². The average molecular weight is 299 g/mol. The minimum atomic E-state index is -0.133. The second-order valence-electron chi connectivity index (χ2n) is 5.01. The maximum absolute atomic E-state index is 12.4. The van der Waals surface area contributed by atoms with Gasteiger partial charge in [0.25, 0.3) is 5.56 Å². The van der Waals surface area contributed by atoms with Gasteiger partial charge in [0, 0.05) is 25.5 Å². The Morgan fingerprint density at radius 2 is 2.09 bits per heavy atom. The molecule has 0 radical (unpaired) electrons. The zero-order chi connectivity index (χ0) is 15.4. The van der Waals surface area contributed by atoms with Crippen LogP contribution in [0.3, 0.4) is 0 Å². The summed E-state index contributed by atoms with van der Waals surface area (Å²) in [6.07, 6.45) is 7.26. The van der Waals surface area contributed by atoms with Gasteiger partial charge in [-0.15, -0.1) is 5.10 Å². The van der Waals surface area contributed by atoms with Crippen LogP contribution in [0.25, 0.3) is 10.9 Å². The van der Waals surface area contributed by atoms with Gasteiger partial charge in [-0.25, -0.2) is 9.67 Å². The molecule has 0 N–H and O–H groups in total. The molecule has 0 spiro atoms. The van der Waals surface area contributed by atoms with E-state index in [1.165, 1.54) is 4.68 Å². The summed E-state index contributed by atoms with van der Waals surface area (Å²) in [5.74, 6) is 0.643. The molecule has 7 nitrogen and oxygen atoms in total. The minimum Gasteiger partial charge on any atom is -0.497 e. The summed E-state index contributed by atoms with van der Waals surface area (Å²) >= 11 is 0. The van der Waals surface area contributed by atoms with Crippen LogP contribution in [0.4, 0.5) is 0 Å². The third kappa shape index (κ3) is 2.98. The predicted molar refractivity (Wildman–Crippen MR) is 81.8 cm³/mol. The maximum atomic E-state index is 12.4. The van der Waals surface area contributed by atoms with Crippen molar-refractivity contribution in [2.45, 2.75) is 25.9 Å². The molecule has 114 valence electrons. The number of hydrogen-bond donors (Lipinski definition) is 0. The van der Waals surface area contributed by atoms with Gasteiger partial charge in [-0.3, -0.25) is 4.79 Å². The van der Waals surface area contributed by atoms with Crippen molar-refractivity contribution in [1.29, 1.82) is 0 Å². The Balaban J connectivity index is 1.70. The lowest BCUT2D eigenvalue weighted by molar-refractivity contribution is 0.415. The number of imidazole rings is 1. The molecule has 7 heteroatoms. The molecule has 1 aromatic carbocycles. The first-order valence-electron chi connectivity index (χ1n) is 7.15. The van der Waals surface area contributed by atoms with Crippen molar-refractivity contribution in [2.75, 3.05) is 7.11 Å². The van der Waals surface area contributed by atoms with Crippen LogP contribution >= 0.6 is 0 Å². The summed E-state index contributed by atoms with van der Waals surface area (Å²) in [5.41, 5.74) is 0.451. The van der Waals surface area contributed by atoms with E-state index in [0.29, 0.717) is 23.2 Å². The topological polar surface area (TPSA) is 74.8 Å². The van der Waals surface area contributed by atoms with E-state index >= 15 is 0 Å². The lowest BCUT2D eigenvalue weighted by Crippen LogP contribution is -2.24. The fourth-order valence-corrected chi connectivity index (χ4v) is 2.30. The normalized spacial score (nSPS) is 11.0. The number of nitrogens with zero attached hydrogens (tertiary/aromatic N) is 5. The monoisotopic (exact) mass is 299 g/mol. The van der Waals surface area contributed by atoms with E-state index in [2.05, 4.69) is 15.3 Å². The molecule has 0 aliphatic carbocycles. The highest BCUT2D eigenvalue weighted by atomic mass is 16.5. The van der Waals surface area contributed by atoms with Crippen LogP contribution in [-0.4, -0.2) is 31.7 Å². The molecule has 0 amide bonds. The van der Waals surface area contributed by atoms with Crippen LogP contribution in [0.2, 0.25) is 0 Å². The minimum absolute atomic E-state index is 0.133. The first-order valence-corrected chi connectivity index (χ1v) is 7.15. The molecule has 0 saturated heterocycles. The van der Waals surface area contributed by atoms with Crippen LogP contribution in [0.15, 0.2) is 41.7 Å². The largest absolute Gasteiger partial charge is 0.497 e. The van der Waals surface area contributed by atoms with Gasteiger partial charge in [0.05, 0.1) is 18.8 Å². The summed E-state index contributed by atoms with van der Waals surface area (Å²) in [6.45, 7) is 1.43. The summed E-state index contributed by atoms with van der Waals surface area (Å²) < 4.78 is 8.58. The van der Waals surface area contributed by atoms with E-state index in [4.69, 9.17) is 4.74 Å². The first kappa shape index (κ1) is 14.2. The number of hydrogen-bond acceptors (Lipinski definition) is 5. The van der Waals surface area contributed by atoms with Crippen molar-refractivity contribution < 1.29 is 4.74 Å². The highest BCUT2D eigenvalue weighted by Gasteiger charge is 2.06. The Hall–Kier alpha value is -2.70. The van der Waals surface area contributed by atoms with Gasteiger partial charge >= 0.3 is 0 Å². The predicted octanol–water partition coefficient (Wildman–Crippen LogP) is 1.48. The van der Waals surface area contributed by atoms with Gasteiger partial charge in [-0.1, -0.05) is 5.21 Å². The maximum Gasteiger partial charge on any atom is 0.277 e. The van der Waals surface area contributed by atoms with Crippen molar-refractivity contribution in [3.63, 3.8) is 0 Å². The number of aromatic nitrogens is 5. The quantitative estimate of drug-likeness (QED) is 0.644. The van der Waals surface area contributed by atoms with Crippen LogP contribution in [-0.2, 0) is 13.1 Å². The number of fused-ring (bicyclic) bond motifs is 1. The third-order valence-corrected chi connectivity index (χ3v) is 3.52. The molecule has 0 unspecified atom stereocenters. The highest BCUT2D eigenvalue weighted by molar-refractivity contribution is 5.78. The Morgan fingerprint density at radius 3 is 2.86 bits per heavy atom. The number of ether oxygens (including phenoxy) is 1. The van der Waals surface area contributed by atoms with Crippen molar-refractivity contribution in [3.05, 3.63) is 47.3 Å². The molecule has 3 rings (SSSR count). The first-order chi connectivity index (χ1) is 10.8. The van der Waals surface area contributed by atoms with E-state index < -0.39 is 0 Å². The lowest BCUT2D eigenvalue weighted by atomic mass is 10.2. The number of aryl methyl sites for hydroxylation is 2. The van der Waals surface area contributed by atoms with Gasteiger partial charge in [-0.05, 0) is 31.0 Å². The highest BCUT2D eigenvalue weighted by Crippen LogP contribution is 2.15. The summed E-state index contributed by atoms with van der Waals surface area (Å²) in [4.78, 5) is 16.4. The number of benzene rings is 1. The molecule has 22 heavy (non-hydrogen) atoms. The molecule has 2 heterocycles. The van der Waals surface area contributed by atoms with Gasteiger partial charge < -0.3 is 9.30 Å². The number of rotatable bonds is 6. The standard InChI is InChI=1S/C15H17N5O2/c1-22-12-4-5-14-13(10-12)15(21)20(18-17-14)8-3-2-7-19-9-6-16-11-19/h4-6,9-11H,2-3,7-8H2,1H3. The zero-order valence-electron chi connectivity index (χ0n) is 12.3. The molecule has 3 aromatic rings.